The number of amides is 2. The number of nitrogens with one attached hydrogen (secondary N) is 2. The third-order valence-electron chi connectivity index (χ3n) is 6.11. The zero-order chi connectivity index (χ0) is 30.0. The Kier molecular flexibility index (Phi) is 10.3. The highest BCUT2D eigenvalue weighted by molar-refractivity contribution is 7.92. The standard InChI is InChI=1S/C31H29ClN4O5S/c1-23-28(32)13-8-14-29(23)36(42(39,40)27-11-6-3-7-12-27)21-30(37)35-34-20-25-15-17-26(18-16-25)41-22-31(38)33-19-24-9-4-2-5-10-24/h2-18,20H,19,21-22H2,1H3,(H,33,38)(H,35,37)/b34-20-. The minimum absolute atomic E-state index is 0.0386. The number of anilines is 1. The van der Waals surface area contributed by atoms with Crippen molar-refractivity contribution in [3.63, 3.8) is 0 Å². The second-order valence-corrected chi connectivity index (χ2v) is 11.4. The van der Waals surface area contributed by atoms with E-state index in [0.717, 1.165) is 9.87 Å². The molecule has 0 radical (unpaired) electrons. The van der Waals surface area contributed by atoms with Gasteiger partial charge in [0.15, 0.2) is 6.61 Å². The third-order valence-corrected chi connectivity index (χ3v) is 8.30. The van der Waals surface area contributed by atoms with Crippen molar-refractivity contribution in [1.29, 1.82) is 0 Å². The monoisotopic (exact) mass is 604 g/mol. The van der Waals surface area contributed by atoms with Crippen molar-refractivity contribution in [2.75, 3.05) is 17.5 Å². The molecule has 2 amide bonds. The van der Waals surface area contributed by atoms with E-state index in [9.17, 15) is 18.0 Å². The van der Waals surface area contributed by atoms with Crippen LogP contribution < -0.4 is 19.8 Å². The van der Waals surface area contributed by atoms with Gasteiger partial charge in [-0.3, -0.25) is 13.9 Å². The summed E-state index contributed by atoms with van der Waals surface area (Å²) in [6, 6.07) is 29.0. The van der Waals surface area contributed by atoms with Crippen LogP contribution in [0.25, 0.3) is 0 Å². The lowest BCUT2D eigenvalue weighted by Crippen LogP contribution is -2.40. The van der Waals surface area contributed by atoms with E-state index in [-0.39, 0.29) is 23.1 Å². The van der Waals surface area contributed by atoms with Crippen molar-refractivity contribution in [1.82, 2.24) is 10.7 Å². The predicted molar refractivity (Wildman–Crippen MR) is 163 cm³/mol. The van der Waals surface area contributed by atoms with Crippen LogP contribution in [0.1, 0.15) is 16.7 Å². The molecular weight excluding hydrogens is 576 g/mol. The van der Waals surface area contributed by atoms with Gasteiger partial charge in [0, 0.05) is 11.6 Å². The first-order chi connectivity index (χ1) is 20.2. The number of carbonyl (C=O) groups excluding carboxylic acids is 2. The van der Waals surface area contributed by atoms with E-state index in [0.29, 0.717) is 28.4 Å². The maximum atomic E-state index is 13.5. The first kappa shape index (κ1) is 30.3. The Bertz CT molecular complexity index is 1650. The van der Waals surface area contributed by atoms with E-state index < -0.39 is 22.5 Å². The average Bonchev–Trinajstić information content (AvgIpc) is 3.01. The van der Waals surface area contributed by atoms with Crippen molar-refractivity contribution in [2.24, 2.45) is 5.10 Å². The molecule has 0 aliphatic heterocycles. The molecule has 216 valence electrons. The maximum absolute atomic E-state index is 13.5. The van der Waals surface area contributed by atoms with Crippen LogP contribution in [0.4, 0.5) is 5.69 Å². The number of hydrogen-bond donors (Lipinski definition) is 2. The minimum atomic E-state index is -4.08. The normalized spacial score (nSPS) is 11.2. The van der Waals surface area contributed by atoms with Gasteiger partial charge in [0.05, 0.1) is 16.8 Å². The van der Waals surface area contributed by atoms with E-state index in [4.69, 9.17) is 16.3 Å². The van der Waals surface area contributed by atoms with Gasteiger partial charge < -0.3 is 10.1 Å². The molecule has 4 rings (SSSR count). The fourth-order valence-electron chi connectivity index (χ4n) is 3.88. The molecular formula is C31H29ClN4O5S. The zero-order valence-electron chi connectivity index (χ0n) is 22.7. The molecule has 0 heterocycles. The van der Waals surface area contributed by atoms with Gasteiger partial charge in [-0.25, -0.2) is 13.8 Å². The van der Waals surface area contributed by atoms with Crippen molar-refractivity contribution in [3.8, 4) is 5.75 Å². The second-order valence-electron chi connectivity index (χ2n) is 9.12. The fraction of sp³-hybridized carbons (Fsp3) is 0.129. The number of hydrazone groups is 1. The van der Waals surface area contributed by atoms with Gasteiger partial charge in [-0.15, -0.1) is 0 Å². The molecule has 0 atom stereocenters. The van der Waals surface area contributed by atoms with Gasteiger partial charge in [0.25, 0.3) is 21.8 Å². The Morgan fingerprint density at radius 1 is 0.881 bits per heavy atom. The molecule has 0 saturated heterocycles. The lowest BCUT2D eigenvalue weighted by Gasteiger charge is -2.25. The molecule has 42 heavy (non-hydrogen) atoms. The largest absolute Gasteiger partial charge is 0.484 e. The highest BCUT2D eigenvalue weighted by atomic mass is 35.5. The quantitative estimate of drug-likeness (QED) is 0.180. The summed E-state index contributed by atoms with van der Waals surface area (Å²) in [5.74, 6) is -0.403. The van der Waals surface area contributed by atoms with Crippen molar-refractivity contribution in [3.05, 3.63) is 125 Å². The molecule has 4 aromatic rings. The Balaban J connectivity index is 1.34. The van der Waals surface area contributed by atoms with Crippen LogP contribution in [0.15, 0.2) is 113 Å². The molecule has 2 N–H and O–H groups in total. The molecule has 11 heteroatoms. The summed E-state index contributed by atoms with van der Waals surface area (Å²) < 4.78 is 33.5. The highest BCUT2D eigenvalue weighted by Crippen LogP contribution is 2.30. The molecule has 0 unspecified atom stereocenters. The molecule has 0 aliphatic rings. The lowest BCUT2D eigenvalue weighted by molar-refractivity contribution is -0.123. The first-order valence-corrected chi connectivity index (χ1v) is 14.7. The summed E-state index contributed by atoms with van der Waals surface area (Å²) in [7, 11) is -4.08. The van der Waals surface area contributed by atoms with E-state index >= 15 is 0 Å². The van der Waals surface area contributed by atoms with Crippen LogP contribution in [-0.4, -0.2) is 39.6 Å². The van der Waals surface area contributed by atoms with Crippen LogP contribution in [0.3, 0.4) is 0 Å². The number of ether oxygens (including phenoxy) is 1. The maximum Gasteiger partial charge on any atom is 0.264 e. The van der Waals surface area contributed by atoms with E-state index in [1.165, 1.54) is 18.3 Å². The van der Waals surface area contributed by atoms with Crippen molar-refractivity contribution >= 4 is 45.3 Å². The van der Waals surface area contributed by atoms with Crippen LogP contribution in [0, 0.1) is 6.92 Å². The van der Waals surface area contributed by atoms with Crippen LogP contribution >= 0.6 is 11.6 Å². The number of hydrogen-bond acceptors (Lipinski definition) is 6. The lowest BCUT2D eigenvalue weighted by atomic mass is 10.2. The second kappa shape index (κ2) is 14.3. The molecule has 4 aromatic carbocycles. The summed E-state index contributed by atoms with van der Waals surface area (Å²) in [5, 5.41) is 7.13. The molecule has 9 nitrogen and oxygen atoms in total. The number of halogens is 1. The van der Waals surface area contributed by atoms with E-state index in [1.54, 1.807) is 67.6 Å². The van der Waals surface area contributed by atoms with Crippen LogP contribution in [0.5, 0.6) is 5.75 Å². The number of nitrogens with zero attached hydrogens (tertiary/aromatic N) is 2. The summed E-state index contributed by atoms with van der Waals surface area (Å²) >= 11 is 6.25. The number of sulfonamides is 1. The van der Waals surface area contributed by atoms with Crippen molar-refractivity contribution < 1.29 is 22.7 Å². The van der Waals surface area contributed by atoms with Crippen molar-refractivity contribution in [2.45, 2.75) is 18.4 Å². The Hall–Kier alpha value is -4.67. The number of benzene rings is 4. The van der Waals surface area contributed by atoms with Crippen LogP contribution in [0.2, 0.25) is 5.02 Å². The van der Waals surface area contributed by atoms with Gasteiger partial charge in [-0.05, 0) is 72.1 Å². The molecule has 0 spiro atoms. The van der Waals surface area contributed by atoms with Crippen LogP contribution in [-0.2, 0) is 26.2 Å². The van der Waals surface area contributed by atoms with E-state index in [1.807, 2.05) is 30.3 Å². The van der Waals surface area contributed by atoms with Gasteiger partial charge in [0.2, 0.25) is 0 Å². The summed E-state index contributed by atoms with van der Waals surface area (Å²) in [4.78, 5) is 24.9. The smallest absolute Gasteiger partial charge is 0.264 e. The van der Waals surface area contributed by atoms with Gasteiger partial charge >= 0.3 is 0 Å². The van der Waals surface area contributed by atoms with E-state index in [2.05, 4.69) is 15.8 Å². The average molecular weight is 605 g/mol. The molecule has 0 aliphatic carbocycles. The van der Waals surface area contributed by atoms with Gasteiger partial charge in [-0.2, -0.15) is 5.10 Å². The predicted octanol–water partition coefficient (Wildman–Crippen LogP) is 4.69. The Morgan fingerprint density at radius 2 is 1.55 bits per heavy atom. The molecule has 0 aromatic heterocycles. The summed E-state index contributed by atoms with van der Waals surface area (Å²) in [6.45, 7) is 1.45. The third kappa shape index (κ3) is 8.18. The highest BCUT2D eigenvalue weighted by Gasteiger charge is 2.28. The summed E-state index contributed by atoms with van der Waals surface area (Å²) in [5.41, 5.74) is 4.83. The molecule has 0 bridgehead atoms. The Morgan fingerprint density at radius 3 is 2.24 bits per heavy atom. The van der Waals surface area contributed by atoms with Gasteiger partial charge in [-0.1, -0.05) is 66.2 Å². The Labute approximate surface area is 249 Å². The molecule has 0 saturated carbocycles. The SMILES string of the molecule is Cc1c(Cl)cccc1N(CC(=O)N/N=C\c1ccc(OCC(=O)NCc2ccccc2)cc1)S(=O)(=O)c1ccccc1. The first-order valence-electron chi connectivity index (χ1n) is 12.9. The molecule has 0 fully saturated rings. The topological polar surface area (TPSA) is 117 Å². The zero-order valence-corrected chi connectivity index (χ0v) is 24.3. The minimum Gasteiger partial charge on any atom is -0.484 e. The van der Waals surface area contributed by atoms with Gasteiger partial charge in [0.1, 0.15) is 12.3 Å². The number of carbonyl (C=O) groups is 2. The fourth-order valence-corrected chi connectivity index (χ4v) is 5.55. The number of rotatable bonds is 12. The summed E-state index contributed by atoms with van der Waals surface area (Å²) in [6.07, 6.45) is 1.41.